The van der Waals surface area contributed by atoms with Gasteiger partial charge < -0.3 is 29.7 Å². The molecule has 3 fully saturated rings. The minimum Gasteiger partial charge on any atom is -0.455 e. The van der Waals surface area contributed by atoms with Gasteiger partial charge in [-0.25, -0.2) is 0 Å². The lowest BCUT2D eigenvalue weighted by molar-refractivity contribution is -0.161. The van der Waals surface area contributed by atoms with E-state index in [1.165, 1.54) is 0 Å². The number of amides is 3. The van der Waals surface area contributed by atoms with Crippen LogP contribution in [0, 0.1) is 17.8 Å². The normalized spacial score (nSPS) is 25.7. The highest BCUT2D eigenvalue weighted by atomic mass is 16.6. The number of aliphatic hydroxyl groups is 1. The number of benzene rings is 1. The summed E-state index contributed by atoms with van der Waals surface area (Å²) < 4.78 is 12.8. The molecular weight excluding hydrogens is 598 g/mol. The van der Waals surface area contributed by atoms with Crippen molar-refractivity contribution in [1.82, 2.24) is 15.1 Å². The number of allylic oxidation sites excluding steroid dienone is 1. The Labute approximate surface area is 279 Å². The Morgan fingerprint density at radius 3 is 2.57 bits per heavy atom. The van der Waals surface area contributed by atoms with Gasteiger partial charge in [-0.15, -0.1) is 13.2 Å². The number of nitrogens with zero attached hydrogens (tertiary/aromatic N) is 2. The first-order valence-corrected chi connectivity index (χ1v) is 17.3. The van der Waals surface area contributed by atoms with E-state index >= 15 is 0 Å². The van der Waals surface area contributed by atoms with Crippen LogP contribution in [0.3, 0.4) is 0 Å². The van der Waals surface area contributed by atoms with E-state index in [2.05, 4.69) is 25.4 Å². The van der Waals surface area contributed by atoms with E-state index in [0.29, 0.717) is 44.3 Å². The van der Waals surface area contributed by atoms with Crippen molar-refractivity contribution in [3.63, 3.8) is 0 Å². The molecule has 4 rings (SSSR count). The molecule has 1 spiro atoms. The predicted octanol–water partition coefficient (Wildman–Crippen LogP) is 4.34. The molecule has 0 saturated carbocycles. The zero-order chi connectivity index (χ0) is 34.1. The van der Waals surface area contributed by atoms with E-state index in [9.17, 15) is 24.3 Å². The summed E-state index contributed by atoms with van der Waals surface area (Å²) in [5.74, 6) is -3.07. The maximum absolute atomic E-state index is 14.6. The second kappa shape index (κ2) is 16.6. The topological polar surface area (TPSA) is 125 Å². The molecule has 3 heterocycles. The number of unbranched alkanes of at least 4 members (excludes halogenated alkanes) is 2. The van der Waals surface area contributed by atoms with E-state index in [-0.39, 0.29) is 43.2 Å². The third kappa shape index (κ3) is 7.81. The van der Waals surface area contributed by atoms with Gasteiger partial charge in [0, 0.05) is 19.5 Å². The first-order valence-electron chi connectivity index (χ1n) is 17.3. The number of hydrogen-bond donors (Lipinski definition) is 2. The Morgan fingerprint density at radius 1 is 1.19 bits per heavy atom. The van der Waals surface area contributed by atoms with Crippen LogP contribution in [0.25, 0.3) is 0 Å². The molecular formula is C37H53N3O7. The van der Waals surface area contributed by atoms with Gasteiger partial charge in [0.15, 0.2) is 0 Å². The zero-order valence-electron chi connectivity index (χ0n) is 28.3. The summed E-state index contributed by atoms with van der Waals surface area (Å²) in [5.41, 5.74) is -0.501. The number of esters is 1. The zero-order valence-corrected chi connectivity index (χ0v) is 28.3. The molecule has 1 aromatic rings. The van der Waals surface area contributed by atoms with Gasteiger partial charge in [0.2, 0.25) is 17.7 Å². The van der Waals surface area contributed by atoms with Crippen LogP contribution in [-0.4, -0.2) is 88.6 Å². The van der Waals surface area contributed by atoms with E-state index in [0.717, 1.165) is 19.3 Å². The Balaban J connectivity index is 1.67. The summed E-state index contributed by atoms with van der Waals surface area (Å²) in [5, 5.41) is 13.4. The van der Waals surface area contributed by atoms with Gasteiger partial charge in [0.1, 0.15) is 17.7 Å². The molecule has 2 N–H and O–H groups in total. The number of carbonyl (C=O) groups excluding carboxylic acids is 4. The van der Waals surface area contributed by atoms with Crippen LogP contribution in [0.4, 0.5) is 0 Å². The average Bonchev–Trinajstić information content (AvgIpc) is 3.71. The van der Waals surface area contributed by atoms with Crippen LogP contribution in [-0.2, 0) is 28.7 Å². The van der Waals surface area contributed by atoms with Crippen molar-refractivity contribution >= 4 is 23.7 Å². The summed E-state index contributed by atoms with van der Waals surface area (Å²) in [7, 11) is 0. The molecule has 3 aliphatic rings. The number of carbonyl (C=O) groups is 4. The molecule has 258 valence electrons. The van der Waals surface area contributed by atoms with E-state index in [1.54, 1.807) is 22.0 Å². The van der Waals surface area contributed by atoms with Crippen molar-refractivity contribution in [2.24, 2.45) is 17.8 Å². The fourth-order valence-corrected chi connectivity index (χ4v) is 7.67. The smallest absolute Gasteiger partial charge is 0.313 e. The molecule has 10 heteroatoms. The fraction of sp³-hybridized carbons (Fsp3) is 0.622. The van der Waals surface area contributed by atoms with E-state index in [4.69, 9.17) is 9.47 Å². The largest absolute Gasteiger partial charge is 0.455 e. The first kappa shape index (κ1) is 36.3. The Hall–Kier alpha value is -3.50. The van der Waals surface area contributed by atoms with Crippen molar-refractivity contribution in [1.29, 1.82) is 0 Å². The molecule has 2 bridgehead atoms. The van der Waals surface area contributed by atoms with Crippen molar-refractivity contribution in [2.45, 2.75) is 102 Å². The van der Waals surface area contributed by atoms with Crippen molar-refractivity contribution < 1.29 is 33.8 Å². The molecule has 0 aliphatic carbocycles. The van der Waals surface area contributed by atoms with Crippen LogP contribution in [0.1, 0.15) is 83.8 Å². The minimum atomic E-state index is -1.21. The van der Waals surface area contributed by atoms with Gasteiger partial charge in [0.25, 0.3) is 0 Å². The maximum Gasteiger partial charge on any atom is 0.313 e. The number of nitrogens with one attached hydrogen (secondary N) is 1. The molecule has 3 amide bonds. The Kier molecular flexibility index (Phi) is 12.8. The van der Waals surface area contributed by atoms with E-state index < -0.39 is 47.7 Å². The molecule has 10 nitrogen and oxygen atoms in total. The van der Waals surface area contributed by atoms with Gasteiger partial charge in [-0.3, -0.25) is 19.2 Å². The second-order valence-corrected chi connectivity index (χ2v) is 13.5. The standard InChI is InChI=1S/C37H53N3O7/c1-6-9-14-21-39(20-8-3)35(44)33-37-19-18-28(47-37)31(32(37)34(43)40(33)27(24-41)22-25(4)5)36(45)46-29(26-15-12-11-13-16-26)23-38-30(42)17-10-7-2/h7-8,11-13,15-16,25,27-29,31-33,41H,2-3,6,9-10,14,17-24H2,1,4-5H3,(H,38,42)/t27-,28+,29-,31-,32-,33+,37-/m1/s1. The molecule has 3 aliphatic heterocycles. The van der Waals surface area contributed by atoms with Crippen molar-refractivity contribution in [3.05, 3.63) is 61.2 Å². The number of fused-ring (bicyclic) bond motifs is 1. The number of rotatable bonds is 19. The molecule has 47 heavy (non-hydrogen) atoms. The summed E-state index contributed by atoms with van der Waals surface area (Å²) in [6.07, 6.45) is 6.98. The van der Waals surface area contributed by atoms with Crippen LogP contribution in [0.15, 0.2) is 55.6 Å². The highest BCUT2D eigenvalue weighted by Crippen LogP contribution is 2.59. The van der Waals surface area contributed by atoms with Gasteiger partial charge in [-0.2, -0.15) is 0 Å². The third-order valence-electron chi connectivity index (χ3n) is 9.77. The van der Waals surface area contributed by atoms with Crippen molar-refractivity contribution in [3.8, 4) is 0 Å². The molecule has 7 atom stereocenters. The van der Waals surface area contributed by atoms with Crippen LogP contribution in [0.5, 0.6) is 0 Å². The quantitative estimate of drug-likeness (QED) is 0.130. The lowest BCUT2D eigenvalue weighted by Gasteiger charge is -2.39. The fourth-order valence-electron chi connectivity index (χ4n) is 7.67. The Morgan fingerprint density at radius 2 is 1.94 bits per heavy atom. The summed E-state index contributed by atoms with van der Waals surface area (Å²) >= 11 is 0. The minimum absolute atomic E-state index is 0.0657. The molecule has 1 aromatic carbocycles. The summed E-state index contributed by atoms with van der Waals surface area (Å²) in [4.78, 5) is 59.0. The molecule has 3 saturated heterocycles. The van der Waals surface area contributed by atoms with Gasteiger partial charge >= 0.3 is 5.97 Å². The van der Waals surface area contributed by atoms with E-state index in [1.807, 2.05) is 44.2 Å². The van der Waals surface area contributed by atoms with Gasteiger partial charge in [0.05, 0.1) is 37.1 Å². The monoisotopic (exact) mass is 651 g/mol. The predicted molar refractivity (Wildman–Crippen MR) is 179 cm³/mol. The van der Waals surface area contributed by atoms with Crippen LogP contribution < -0.4 is 5.32 Å². The SMILES string of the molecule is C=CCCC(=O)NC[C@@H](OC(=O)[C@@H]1[C@@H]2CC[C@]3(O2)[C@H](C(=O)N(CC=C)CCCCC)N([C@@H](CO)CC(C)C)C(=O)[C@@H]13)c1ccccc1. The lowest BCUT2D eigenvalue weighted by atomic mass is 9.70. The number of aliphatic hydroxyl groups excluding tert-OH is 1. The number of hydrogen-bond acceptors (Lipinski definition) is 7. The molecule has 0 aromatic heterocycles. The maximum atomic E-state index is 14.6. The highest BCUT2D eigenvalue weighted by molar-refractivity contribution is 5.98. The number of ether oxygens (including phenoxy) is 2. The van der Waals surface area contributed by atoms with Gasteiger partial charge in [-0.1, -0.05) is 76.1 Å². The first-order chi connectivity index (χ1) is 22.6. The van der Waals surface area contributed by atoms with Gasteiger partial charge in [-0.05, 0) is 43.6 Å². The molecule has 0 unspecified atom stereocenters. The van der Waals surface area contributed by atoms with Crippen molar-refractivity contribution in [2.75, 3.05) is 26.2 Å². The second-order valence-electron chi connectivity index (χ2n) is 13.5. The van der Waals surface area contributed by atoms with Crippen LogP contribution in [0.2, 0.25) is 0 Å². The molecule has 0 radical (unpaired) electrons. The lowest BCUT2D eigenvalue weighted by Crippen LogP contribution is -2.59. The summed E-state index contributed by atoms with van der Waals surface area (Å²) in [6.45, 7) is 14.2. The Bertz CT molecular complexity index is 1270. The third-order valence-corrected chi connectivity index (χ3v) is 9.77. The van der Waals surface area contributed by atoms with Crippen LogP contribution >= 0.6 is 0 Å². The highest BCUT2D eigenvalue weighted by Gasteiger charge is 2.75. The summed E-state index contributed by atoms with van der Waals surface area (Å²) in [6, 6.07) is 7.59. The number of likely N-dealkylation sites (tertiary alicyclic amines) is 1. The average molecular weight is 652 g/mol.